The Balaban J connectivity index is 2.50. The molecule has 1 nitrogen and oxygen atoms in total. The Morgan fingerprint density at radius 3 is 2.11 bits per heavy atom. The molecule has 0 aliphatic rings. The Labute approximate surface area is 114 Å². The summed E-state index contributed by atoms with van der Waals surface area (Å²) in [4.78, 5) is 1.14. The molecule has 0 aliphatic carbocycles. The topological polar surface area (TPSA) is 3.24 Å². The molecule has 2 aromatic rings. The molecule has 0 saturated heterocycles. The van der Waals surface area contributed by atoms with E-state index < -0.39 is 17.5 Å². The van der Waals surface area contributed by atoms with Crippen LogP contribution in [0.4, 0.5) is 24.5 Å². The molecular formula is C14H11ClF3N. The molecule has 0 unspecified atom stereocenters. The van der Waals surface area contributed by atoms with E-state index in [2.05, 4.69) is 0 Å². The normalized spacial score (nSPS) is 10.6. The van der Waals surface area contributed by atoms with E-state index in [-0.39, 0.29) is 17.3 Å². The van der Waals surface area contributed by atoms with Gasteiger partial charge in [-0.25, -0.2) is 13.2 Å². The van der Waals surface area contributed by atoms with Gasteiger partial charge in [0.25, 0.3) is 0 Å². The molecule has 19 heavy (non-hydrogen) atoms. The molecule has 0 amide bonds. The maximum absolute atomic E-state index is 13.9. The maximum Gasteiger partial charge on any atom is 0.150 e. The molecule has 0 N–H and O–H groups in total. The molecule has 0 radical (unpaired) electrons. The van der Waals surface area contributed by atoms with Crippen LogP contribution in [0.5, 0.6) is 0 Å². The van der Waals surface area contributed by atoms with Gasteiger partial charge >= 0.3 is 0 Å². The summed E-state index contributed by atoms with van der Waals surface area (Å²) in [6, 6.07) is 8.07. The first kappa shape index (κ1) is 13.7. The quantitative estimate of drug-likeness (QED) is 0.744. The summed E-state index contributed by atoms with van der Waals surface area (Å²) in [5, 5.41) is 0. The molecule has 0 aliphatic heterocycles. The Kier molecular flexibility index (Phi) is 4.00. The van der Waals surface area contributed by atoms with Crippen LogP contribution in [0.25, 0.3) is 0 Å². The molecule has 2 rings (SSSR count). The zero-order valence-corrected chi connectivity index (χ0v) is 10.9. The predicted octanol–water partition coefficient (Wildman–Crippen LogP) is 4.61. The first-order valence-corrected chi connectivity index (χ1v) is 6.10. The van der Waals surface area contributed by atoms with Crippen molar-refractivity contribution in [3.8, 4) is 0 Å². The fraction of sp³-hybridized carbons (Fsp3) is 0.143. The number of hydrogen-bond donors (Lipinski definition) is 0. The van der Waals surface area contributed by atoms with Crippen molar-refractivity contribution in [1.82, 2.24) is 0 Å². The minimum Gasteiger partial charge on any atom is -0.337 e. The number of alkyl halides is 1. The second-order valence-corrected chi connectivity index (χ2v) is 4.32. The largest absolute Gasteiger partial charge is 0.337 e. The van der Waals surface area contributed by atoms with Crippen LogP contribution in [0.3, 0.4) is 0 Å². The van der Waals surface area contributed by atoms with Crippen molar-refractivity contribution in [3.05, 3.63) is 59.4 Å². The van der Waals surface area contributed by atoms with Crippen molar-refractivity contribution < 1.29 is 13.2 Å². The zero-order chi connectivity index (χ0) is 14.0. The van der Waals surface area contributed by atoms with E-state index in [0.717, 1.165) is 17.0 Å². The number of anilines is 2. The Morgan fingerprint density at radius 2 is 1.58 bits per heavy atom. The van der Waals surface area contributed by atoms with E-state index in [1.165, 1.54) is 25.2 Å². The van der Waals surface area contributed by atoms with Gasteiger partial charge in [0.2, 0.25) is 0 Å². The molecule has 0 heterocycles. The second kappa shape index (κ2) is 5.53. The fourth-order valence-electron chi connectivity index (χ4n) is 1.86. The highest BCUT2D eigenvalue weighted by Crippen LogP contribution is 2.31. The highest BCUT2D eigenvalue weighted by atomic mass is 35.5. The third kappa shape index (κ3) is 2.68. The van der Waals surface area contributed by atoms with Crippen molar-refractivity contribution in [2.75, 3.05) is 11.9 Å². The van der Waals surface area contributed by atoms with Gasteiger partial charge in [0, 0.05) is 12.9 Å². The predicted molar refractivity (Wildman–Crippen MR) is 70.4 cm³/mol. The molecule has 5 heteroatoms. The van der Waals surface area contributed by atoms with Crippen molar-refractivity contribution >= 4 is 23.0 Å². The first-order valence-electron chi connectivity index (χ1n) is 5.56. The summed E-state index contributed by atoms with van der Waals surface area (Å²) < 4.78 is 41.4. The van der Waals surface area contributed by atoms with Gasteiger partial charge in [-0.1, -0.05) is 12.1 Å². The van der Waals surface area contributed by atoms with Crippen molar-refractivity contribution in [2.24, 2.45) is 0 Å². The highest BCUT2D eigenvalue weighted by Gasteiger charge is 2.18. The number of benzene rings is 2. The van der Waals surface area contributed by atoms with Crippen LogP contribution < -0.4 is 4.90 Å². The summed E-state index contributed by atoms with van der Waals surface area (Å²) in [5.41, 5.74) is 0.125. The van der Waals surface area contributed by atoms with E-state index in [1.807, 2.05) is 0 Å². The Morgan fingerprint density at radius 1 is 1.00 bits per heavy atom. The SMILES string of the molecule is CN(c1ccccc1F)c1c(F)cc(CCl)cc1F. The van der Waals surface area contributed by atoms with Gasteiger partial charge in [-0.2, -0.15) is 0 Å². The molecular weight excluding hydrogens is 275 g/mol. The molecule has 0 spiro atoms. The van der Waals surface area contributed by atoms with E-state index in [9.17, 15) is 13.2 Å². The van der Waals surface area contributed by atoms with Gasteiger partial charge in [-0.05, 0) is 29.8 Å². The van der Waals surface area contributed by atoms with Crippen LogP contribution in [0.2, 0.25) is 0 Å². The molecule has 0 bridgehead atoms. The van der Waals surface area contributed by atoms with E-state index >= 15 is 0 Å². The minimum atomic E-state index is -0.776. The molecule has 0 fully saturated rings. The van der Waals surface area contributed by atoms with E-state index in [1.54, 1.807) is 6.07 Å². The average molecular weight is 286 g/mol. The summed E-state index contributed by atoms with van der Waals surface area (Å²) >= 11 is 5.54. The first-order chi connectivity index (χ1) is 9.04. The lowest BCUT2D eigenvalue weighted by Crippen LogP contribution is -2.15. The van der Waals surface area contributed by atoms with Gasteiger partial charge < -0.3 is 4.90 Å². The number of hydrogen-bond acceptors (Lipinski definition) is 1. The minimum absolute atomic E-state index is 0.0114. The summed E-state index contributed by atoms with van der Waals surface area (Å²) in [7, 11) is 1.40. The van der Waals surface area contributed by atoms with E-state index in [0.29, 0.717) is 5.56 Å². The van der Waals surface area contributed by atoms with Crippen molar-refractivity contribution in [3.63, 3.8) is 0 Å². The number of halogens is 4. The lowest BCUT2D eigenvalue weighted by molar-refractivity contribution is 0.578. The number of nitrogens with zero attached hydrogens (tertiary/aromatic N) is 1. The zero-order valence-electron chi connectivity index (χ0n) is 10.1. The standard InChI is InChI=1S/C14H11ClF3N/c1-19(13-5-3-2-4-10(13)16)14-11(17)6-9(8-15)7-12(14)18/h2-7H,8H2,1H3. The summed E-state index contributed by atoms with van der Waals surface area (Å²) in [6.45, 7) is 0. The second-order valence-electron chi connectivity index (χ2n) is 4.05. The van der Waals surface area contributed by atoms with Crippen molar-refractivity contribution in [1.29, 1.82) is 0 Å². The van der Waals surface area contributed by atoms with Crippen LogP contribution in [-0.4, -0.2) is 7.05 Å². The van der Waals surface area contributed by atoms with Crippen LogP contribution in [-0.2, 0) is 5.88 Å². The van der Waals surface area contributed by atoms with Gasteiger partial charge in [-0.3, -0.25) is 0 Å². The lowest BCUT2D eigenvalue weighted by atomic mass is 10.1. The molecule has 2 aromatic carbocycles. The lowest BCUT2D eigenvalue weighted by Gasteiger charge is -2.21. The molecule has 100 valence electrons. The van der Waals surface area contributed by atoms with Gasteiger partial charge in [0.05, 0.1) is 5.69 Å². The summed E-state index contributed by atoms with van der Waals surface area (Å²) in [6.07, 6.45) is 0. The van der Waals surface area contributed by atoms with Gasteiger partial charge in [-0.15, -0.1) is 11.6 Å². The van der Waals surface area contributed by atoms with Gasteiger partial charge in [0.15, 0.2) is 0 Å². The van der Waals surface area contributed by atoms with Gasteiger partial charge in [0.1, 0.15) is 23.1 Å². The van der Waals surface area contributed by atoms with Crippen molar-refractivity contribution in [2.45, 2.75) is 5.88 Å². The Bertz CT molecular complexity index is 578. The van der Waals surface area contributed by atoms with E-state index in [4.69, 9.17) is 11.6 Å². The van der Waals surface area contributed by atoms with Crippen LogP contribution in [0.1, 0.15) is 5.56 Å². The highest BCUT2D eigenvalue weighted by molar-refractivity contribution is 6.17. The summed E-state index contributed by atoms with van der Waals surface area (Å²) in [5.74, 6) is -2.09. The van der Waals surface area contributed by atoms with Crippen LogP contribution in [0.15, 0.2) is 36.4 Å². The monoisotopic (exact) mass is 285 g/mol. The third-order valence-electron chi connectivity index (χ3n) is 2.78. The third-order valence-corrected chi connectivity index (χ3v) is 3.09. The number of para-hydroxylation sites is 1. The number of rotatable bonds is 3. The smallest absolute Gasteiger partial charge is 0.150 e. The van der Waals surface area contributed by atoms with Crippen LogP contribution >= 0.6 is 11.6 Å². The maximum atomic E-state index is 13.9. The van der Waals surface area contributed by atoms with Crippen LogP contribution in [0, 0.1) is 17.5 Å². The average Bonchev–Trinajstić information content (AvgIpc) is 2.38. The fourth-order valence-corrected chi connectivity index (χ4v) is 2.01. The molecule has 0 atom stereocenters. The molecule has 0 aromatic heterocycles. The Hall–Kier alpha value is -1.68. The molecule has 0 saturated carbocycles.